The Kier molecular flexibility index (Phi) is 4.22. The molecule has 3 nitrogen and oxygen atoms in total. The molecule has 2 aromatic rings. The van der Waals surface area contributed by atoms with Gasteiger partial charge in [0.25, 0.3) is 0 Å². The Balaban J connectivity index is 1.79. The van der Waals surface area contributed by atoms with Crippen LogP contribution in [-0.2, 0) is 6.42 Å². The van der Waals surface area contributed by atoms with E-state index in [1.165, 1.54) is 5.56 Å². The number of rotatable bonds is 5. The smallest absolute Gasteiger partial charge is 0.0806 e. The van der Waals surface area contributed by atoms with E-state index in [1.807, 2.05) is 18.2 Å². The molecule has 1 N–H and O–H groups in total. The summed E-state index contributed by atoms with van der Waals surface area (Å²) in [5.74, 6) is 0. The van der Waals surface area contributed by atoms with Gasteiger partial charge in [0.15, 0.2) is 0 Å². The molecule has 1 heterocycles. The Hall–Kier alpha value is -1.74. The van der Waals surface area contributed by atoms with Crippen LogP contribution in [0.25, 0.3) is 0 Å². The van der Waals surface area contributed by atoms with E-state index in [4.69, 9.17) is 0 Å². The molecule has 1 unspecified atom stereocenters. The first-order chi connectivity index (χ1) is 8.36. The summed E-state index contributed by atoms with van der Waals surface area (Å²) in [5.41, 5.74) is 2.15. The summed E-state index contributed by atoms with van der Waals surface area (Å²) in [6, 6.07) is 12.1. The molecule has 17 heavy (non-hydrogen) atoms. The van der Waals surface area contributed by atoms with Crippen molar-refractivity contribution in [3.8, 4) is 0 Å². The molecule has 0 aliphatic carbocycles. The molecule has 0 saturated heterocycles. The number of hydrogen-bond donors (Lipinski definition) is 1. The second-order valence-electron chi connectivity index (χ2n) is 4.07. The summed E-state index contributed by atoms with van der Waals surface area (Å²) in [6.07, 6.45) is 5.50. The van der Waals surface area contributed by atoms with Crippen LogP contribution in [-0.4, -0.2) is 15.3 Å². The molecule has 1 atom stereocenters. The molecule has 1 aromatic heterocycles. The van der Waals surface area contributed by atoms with Gasteiger partial charge in [0, 0.05) is 11.8 Å². The molecular weight excluding hydrogens is 212 g/mol. The fourth-order valence-corrected chi connectivity index (χ4v) is 1.81. The Morgan fingerprint density at radius 1 is 1.06 bits per heavy atom. The molecule has 88 valence electrons. The molecular formula is C14H16N2O. The summed E-state index contributed by atoms with van der Waals surface area (Å²) in [7, 11) is 0. The maximum absolute atomic E-state index is 9.93. The van der Waals surface area contributed by atoms with Crippen LogP contribution in [0.4, 0.5) is 0 Å². The van der Waals surface area contributed by atoms with Crippen LogP contribution in [0, 0.1) is 0 Å². The van der Waals surface area contributed by atoms with E-state index >= 15 is 0 Å². The van der Waals surface area contributed by atoms with Gasteiger partial charge in [-0.15, -0.1) is 0 Å². The normalized spacial score (nSPS) is 12.3. The SMILES string of the molecule is OC(CCCc1ccccc1)c1ccnnc1. The van der Waals surface area contributed by atoms with Crippen LogP contribution in [0.5, 0.6) is 0 Å². The van der Waals surface area contributed by atoms with Crippen LogP contribution in [0.2, 0.25) is 0 Å². The van der Waals surface area contributed by atoms with E-state index in [0.29, 0.717) is 0 Å². The molecule has 0 amide bonds. The molecule has 0 spiro atoms. The largest absolute Gasteiger partial charge is 0.388 e. The predicted molar refractivity (Wildman–Crippen MR) is 66.4 cm³/mol. The quantitative estimate of drug-likeness (QED) is 0.855. The van der Waals surface area contributed by atoms with Crippen molar-refractivity contribution in [3.05, 3.63) is 59.9 Å². The van der Waals surface area contributed by atoms with E-state index in [2.05, 4.69) is 22.3 Å². The van der Waals surface area contributed by atoms with Crippen molar-refractivity contribution >= 4 is 0 Å². The lowest BCUT2D eigenvalue weighted by Crippen LogP contribution is -1.99. The Labute approximate surface area is 101 Å². The van der Waals surface area contributed by atoms with E-state index in [1.54, 1.807) is 18.5 Å². The Morgan fingerprint density at radius 3 is 2.59 bits per heavy atom. The highest BCUT2D eigenvalue weighted by Gasteiger charge is 2.06. The highest BCUT2D eigenvalue weighted by Crippen LogP contribution is 2.17. The van der Waals surface area contributed by atoms with E-state index in [-0.39, 0.29) is 0 Å². The van der Waals surface area contributed by atoms with Gasteiger partial charge in [-0.2, -0.15) is 10.2 Å². The zero-order valence-corrected chi connectivity index (χ0v) is 9.66. The molecule has 0 radical (unpaired) electrons. The summed E-state index contributed by atoms with van der Waals surface area (Å²) in [5, 5.41) is 17.4. The molecule has 0 aliphatic rings. The highest BCUT2D eigenvalue weighted by atomic mass is 16.3. The minimum absolute atomic E-state index is 0.436. The molecule has 0 fully saturated rings. The first kappa shape index (κ1) is 11.7. The third-order valence-corrected chi connectivity index (χ3v) is 2.78. The van der Waals surface area contributed by atoms with Crippen LogP contribution < -0.4 is 0 Å². The molecule has 3 heteroatoms. The molecule has 0 bridgehead atoms. The van der Waals surface area contributed by atoms with E-state index in [0.717, 1.165) is 24.8 Å². The van der Waals surface area contributed by atoms with Crippen molar-refractivity contribution in [1.82, 2.24) is 10.2 Å². The lowest BCUT2D eigenvalue weighted by Gasteiger charge is -2.09. The van der Waals surface area contributed by atoms with Crippen molar-refractivity contribution in [2.75, 3.05) is 0 Å². The fraction of sp³-hybridized carbons (Fsp3) is 0.286. The van der Waals surface area contributed by atoms with Gasteiger partial charge in [-0.1, -0.05) is 30.3 Å². The molecule has 2 rings (SSSR count). The average Bonchev–Trinajstić information content (AvgIpc) is 2.41. The maximum Gasteiger partial charge on any atom is 0.0806 e. The standard InChI is InChI=1S/C14H16N2O/c17-14(13-9-10-15-16-11-13)8-4-7-12-5-2-1-3-6-12/h1-3,5-6,9-11,14,17H,4,7-8H2. The number of aromatic nitrogens is 2. The van der Waals surface area contributed by atoms with Crippen molar-refractivity contribution in [3.63, 3.8) is 0 Å². The average molecular weight is 228 g/mol. The first-order valence-electron chi connectivity index (χ1n) is 5.85. The predicted octanol–water partition coefficient (Wildman–Crippen LogP) is 2.53. The second kappa shape index (κ2) is 6.11. The number of aryl methyl sites for hydroxylation is 1. The first-order valence-corrected chi connectivity index (χ1v) is 5.85. The summed E-state index contributed by atoms with van der Waals surface area (Å²) in [6.45, 7) is 0. The number of hydrogen-bond acceptors (Lipinski definition) is 3. The van der Waals surface area contributed by atoms with Crippen LogP contribution in [0.1, 0.15) is 30.1 Å². The number of nitrogens with zero attached hydrogens (tertiary/aromatic N) is 2. The van der Waals surface area contributed by atoms with Crippen LogP contribution in [0.15, 0.2) is 48.8 Å². The third-order valence-electron chi connectivity index (χ3n) is 2.78. The Morgan fingerprint density at radius 2 is 1.88 bits per heavy atom. The third kappa shape index (κ3) is 3.64. The maximum atomic E-state index is 9.93. The molecule has 0 aliphatic heterocycles. The lowest BCUT2D eigenvalue weighted by atomic mass is 10.0. The van der Waals surface area contributed by atoms with Crippen LogP contribution in [0.3, 0.4) is 0 Å². The zero-order valence-electron chi connectivity index (χ0n) is 9.66. The highest BCUT2D eigenvalue weighted by molar-refractivity contribution is 5.15. The second-order valence-corrected chi connectivity index (χ2v) is 4.07. The van der Waals surface area contributed by atoms with Gasteiger partial charge in [-0.25, -0.2) is 0 Å². The number of benzene rings is 1. The number of aliphatic hydroxyl groups excluding tert-OH is 1. The fourth-order valence-electron chi connectivity index (χ4n) is 1.81. The summed E-state index contributed by atoms with van der Waals surface area (Å²) < 4.78 is 0. The van der Waals surface area contributed by atoms with Crippen LogP contribution >= 0.6 is 0 Å². The zero-order chi connectivity index (χ0) is 11.9. The van der Waals surface area contributed by atoms with Gasteiger partial charge in [0.05, 0.1) is 12.3 Å². The van der Waals surface area contributed by atoms with E-state index in [9.17, 15) is 5.11 Å². The Bertz CT molecular complexity index is 430. The lowest BCUT2D eigenvalue weighted by molar-refractivity contribution is 0.164. The van der Waals surface area contributed by atoms with Crippen molar-refractivity contribution < 1.29 is 5.11 Å². The summed E-state index contributed by atoms with van der Waals surface area (Å²) in [4.78, 5) is 0. The van der Waals surface area contributed by atoms with Gasteiger partial charge in [-0.3, -0.25) is 0 Å². The number of aliphatic hydroxyl groups is 1. The molecule has 1 aromatic carbocycles. The minimum atomic E-state index is -0.436. The van der Waals surface area contributed by atoms with Gasteiger partial charge in [-0.05, 0) is 30.9 Å². The molecule has 0 saturated carbocycles. The van der Waals surface area contributed by atoms with Crippen molar-refractivity contribution in [2.45, 2.75) is 25.4 Å². The summed E-state index contributed by atoms with van der Waals surface area (Å²) >= 11 is 0. The van der Waals surface area contributed by atoms with Gasteiger partial charge in [0.2, 0.25) is 0 Å². The topological polar surface area (TPSA) is 46.0 Å². The van der Waals surface area contributed by atoms with E-state index < -0.39 is 6.10 Å². The monoisotopic (exact) mass is 228 g/mol. The van der Waals surface area contributed by atoms with Gasteiger partial charge in [0.1, 0.15) is 0 Å². The van der Waals surface area contributed by atoms with Crippen molar-refractivity contribution in [2.24, 2.45) is 0 Å². The van der Waals surface area contributed by atoms with Gasteiger partial charge < -0.3 is 5.11 Å². The van der Waals surface area contributed by atoms with Gasteiger partial charge >= 0.3 is 0 Å². The van der Waals surface area contributed by atoms with Crippen molar-refractivity contribution in [1.29, 1.82) is 0 Å². The minimum Gasteiger partial charge on any atom is -0.388 e.